The van der Waals surface area contributed by atoms with Gasteiger partial charge in [-0.15, -0.1) is 0 Å². The molecular formula is C33H34F3N5O4. The van der Waals surface area contributed by atoms with Crippen molar-refractivity contribution in [3.8, 4) is 0 Å². The Morgan fingerprint density at radius 1 is 1.11 bits per heavy atom. The maximum atomic E-state index is 13.4. The highest BCUT2D eigenvalue weighted by molar-refractivity contribution is 5.98. The van der Waals surface area contributed by atoms with Gasteiger partial charge in [-0.25, -0.2) is 4.98 Å². The maximum absolute atomic E-state index is 13.4. The zero-order chi connectivity index (χ0) is 32.1. The number of hydrogen-bond acceptors (Lipinski definition) is 7. The van der Waals surface area contributed by atoms with Gasteiger partial charge in [0.25, 0.3) is 11.8 Å². The number of rotatable bonds is 10. The monoisotopic (exact) mass is 621 g/mol. The van der Waals surface area contributed by atoms with E-state index in [-0.39, 0.29) is 29.8 Å². The van der Waals surface area contributed by atoms with Gasteiger partial charge in [-0.2, -0.15) is 13.2 Å². The molecule has 4 atom stereocenters. The molecule has 0 saturated carbocycles. The molecule has 12 heteroatoms. The predicted molar refractivity (Wildman–Crippen MR) is 159 cm³/mol. The van der Waals surface area contributed by atoms with Crippen molar-refractivity contribution >= 4 is 11.8 Å². The third-order valence-electron chi connectivity index (χ3n) is 7.83. The molecule has 236 valence electrons. The standard InChI is InChI=1S/C33H34F3N5O4/c1-20-19-45-31(39-20)27-12-7-15-41(27)32(44)26-17-24(13-14-37-26)30(43)40-21(2)29(42)28(23-9-4-3-5-10-23)38-18-22-8-6-11-25(16-22)33(34,35)36/h3-6,8-11,13-14,16-17,19,21,27-29,38,42H,7,12,15,18H2,1-2H3,(H,40,43). The highest BCUT2D eigenvalue weighted by Gasteiger charge is 2.35. The lowest BCUT2D eigenvalue weighted by Gasteiger charge is -2.30. The van der Waals surface area contributed by atoms with Gasteiger partial charge in [0.1, 0.15) is 18.0 Å². The summed E-state index contributed by atoms with van der Waals surface area (Å²) in [5.41, 5.74) is 1.32. The van der Waals surface area contributed by atoms with Crippen molar-refractivity contribution in [1.82, 2.24) is 25.5 Å². The lowest BCUT2D eigenvalue weighted by atomic mass is 9.96. The number of aryl methyl sites for hydroxylation is 1. The Morgan fingerprint density at radius 3 is 2.60 bits per heavy atom. The summed E-state index contributed by atoms with van der Waals surface area (Å²) in [6, 6.07) is 15.0. The van der Waals surface area contributed by atoms with Gasteiger partial charge in [0.2, 0.25) is 5.89 Å². The number of carbonyl (C=O) groups is 2. The number of likely N-dealkylation sites (tertiary alicyclic amines) is 1. The fourth-order valence-corrected chi connectivity index (χ4v) is 5.47. The molecule has 0 bridgehead atoms. The minimum absolute atomic E-state index is 0.0433. The number of aromatic nitrogens is 2. The molecule has 3 N–H and O–H groups in total. The van der Waals surface area contributed by atoms with Crippen molar-refractivity contribution in [3.63, 3.8) is 0 Å². The topological polar surface area (TPSA) is 121 Å². The van der Waals surface area contributed by atoms with Crippen LogP contribution in [-0.4, -0.2) is 50.5 Å². The van der Waals surface area contributed by atoms with Crippen LogP contribution in [0.5, 0.6) is 0 Å². The van der Waals surface area contributed by atoms with Gasteiger partial charge in [-0.05, 0) is 56.0 Å². The molecular weight excluding hydrogens is 587 g/mol. The Labute approximate surface area is 258 Å². The number of oxazole rings is 1. The third kappa shape index (κ3) is 7.58. The molecule has 9 nitrogen and oxygen atoms in total. The molecule has 4 aromatic rings. The number of alkyl halides is 3. The molecule has 2 amide bonds. The average Bonchev–Trinajstić information content (AvgIpc) is 3.70. The molecule has 0 aliphatic carbocycles. The molecule has 1 aliphatic heterocycles. The van der Waals surface area contributed by atoms with Crippen LogP contribution in [0.25, 0.3) is 0 Å². The summed E-state index contributed by atoms with van der Waals surface area (Å²) in [6.07, 6.45) is -1.25. The van der Waals surface area contributed by atoms with E-state index in [1.54, 1.807) is 48.4 Å². The largest absolute Gasteiger partial charge is 0.446 e. The van der Waals surface area contributed by atoms with Gasteiger partial charge >= 0.3 is 6.18 Å². The maximum Gasteiger partial charge on any atom is 0.416 e. The number of amides is 2. The lowest BCUT2D eigenvalue weighted by molar-refractivity contribution is -0.137. The van der Waals surface area contributed by atoms with Crippen molar-refractivity contribution in [2.24, 2.45) is 0 Å². The van der Waals surface area contributed by atoms with Crippen LogP contribution >= 0.6 is 0 Å². The SMILES string of the molecule is Cc1coc(C2CCCN2C(=O)c2cc(C(=O)NC(C)C(O)C(NCc3cccc(C(F)(F)F)c3)c3ccccc3)ccn2)n1. The summed E-state index contributed by atoms with van der Waals surface area (Å²) in [5.74, 6) is -0.410. The number of nitrogens with one attached hydrogen (secondary N) is 2. The normalized spacial score (nSPS) is 17.1. The highest BCUT2D eigenvalue weighted by Crippen LogP contribution is 2.33. The van der Waals surface area contributed by atoms with Crippen LogP contribution in [0.2, 0.25) is 0 Å². The fourth-order valence-electron chi connectivity index (χ4n) is 5.47. The molecule has 2 aromatic heterocycles. The Hall–Kier alpha value is -4.55. The van der Waals surface area contributed by atoms with Crippen LogP contribution in [0, 0.1) is 6.92 Å². The first-order chi connectivity index (χ1) is 21.5. The van der Waals surface area contributed by atoms with E-state index in [0.29, 0.717) is 30.0 Å². The smallest absolute Gasteiger partial charge is 0.416 e. The Morgan fingerprint density at radius 2 is 1.89 bits per heavy atom. The molecule has 45 heavy (non-hydrogen) atoms. The zero-order valence-corrected chi connectivity index (χ0v) is 24.8. The first-order valence-corrected chi connectivity index (χ1v) is 14.6. The van der Waals surface area contributed by atoms with Crippen molar-refractivity contribution in [3.05, 3.63) is 119 Å². The molecule has 3 heterocycles. The van der Waals surface area contributed by atoms with Crippen LogP contribution in [0.3, 0.4) is 0 Å². The van der Waals surface area contributed by atoms with Crippen molar-refractivity contribution in [2.45, 2.75) is 63.6 Å². The Balaban J connectivity index is 1.28. The van der Waals surface area contributed by atoms with E-state index in [4.69, 9.17) is 4.42 Å². The lowest BCUT2D eigenvalue weighted by Crippen LogP contribution is -2.47. The van der Waals surface area contributed by atoms with Crippen LogP contribution in [-0.2, 0) is 12.7 Å². The van der Waals surface area contributed by atoms with E-state index >= 15 is 0 Å². The number of aliphatic hydroxyl groups excluding tert-OH is 1. The minimum atomic E-state index is -4.48. The van der Waals surface area contributed by atoms with Crippen molar-refractivity contribution in [2.75, 3.05) is 6.54 Å². The van der Waals surface area contributed by atoms with Gasteiger partial charge in [0.15, 0.2) is 0 Å². The number of aliphatic hydroxyl groups is 1. The first kappa shape index (κ1) is 31.9. The van der Waals surface area contributed by atoms with Gasteiger partial charge in [0, 0.05) is 24.8 Å². The number of hydrogen-bond donors (Lipinski definition) is 3. The molecule has 1 fully saturated rings. The summed E-state index contributed by atoms with van der Waals surface area (Å²) < 4.78 is 45.2. The van der Waals surface area contributed by atoms with Gasteiger partial charge in [-0.3, -0.25) is 14.6 Å². The quantitative estimate of drug-likeness (QED) is 0.217. The zero-order valence-electron chi connectivity index (χ0n) is 24.8. The summed E-state index contributed by atoms with van der Waals surface area (Å²) >= 11 is 0. The molecule has 0 spiro atoms. The summed E-state index contributed by atoms with van der Waals surface area (Å²) in [6.45, 7) is 3.98. The van der Waals surface area contributed by atoms with Gasteiger partial charge < -0.3 is 25.1 Å². The van der Waals surface area contributed by atoms with E-state index in [9.17, 15) is 27.9 Å². The number of halogens is 3. The van der Waals surface area contributed by atoms with E-state index in [1.807, 2.05) is 13.0 Å². The van der Waals surface area contributed by atoms with Gasteiger partial charge in [-0.1, -0.05) is 48.5 Å². The minimum Gasteiger partial charge on any atom is -0.446 e. The van der Waals surface area contributed by atoms with Crippen LogP contribution < -0.4 is 10.6 Å². The molecule has 1 saturated heterocycles. The first-order valence-electron chi connectivity index (χ1n) is 14.6. The number of carbonyl (C=O) groups excluding carboxylic acids is 2. The van der Waals surface area contributed by atoms with E-state index in [2.05, 4.69) is 20.6 Å². The predicted octanol–water partition coefficient (Wildman–Crippen LogP) is 5.38. The van der Waals surface area contributed by atoms with Crippen LogP contribution in [0.1, 0.15) is 81.0 Å². The molecule has 5 rings (SSSR count). The highest BCUT2D eigenvalue weighted by atomic mass is 19.4. The molecule has 0 radical (unpaired) electrons. The Bertz CT molecular complexity index is 1630. The second kappa shape index (κ2) is 13.6. The molecule has 1 aliphatic rings. The van der Waals surface area contributed by atoms with E-state index < -0.39 is 35.8 Å². The summed E-state index contributed by atoms with van der Waals surface area (Å²) in [7, 11) is 0. The average molecular weight is 622 g/mol. The molecule has 2 aromatic carbocycles. The van der Waals surface area contributed by atoms with Crippen LogP contribution in [0.15, 0.2) is 83.6 Å². The number of nitrogens with zero attached hydrogens (tertiary/aromatic N) is 3. The van der Waals surface area contributed by atoms with E-state index in [1.165, 1.54) is 24.4 Å². The fraction of sp³-hybridized carbons (Fsp3) is 0.333. The number of pyridine rings is 1. The second-order valence-electron chi connectivity index (χ2n) is 11.1. The number of benzene rings is 2. The summed E-state index contributed by atoms with van der Waals surface area (Å²) in [4.78, 5) is 36.9. The molecule has 4 unspecified atom stereocenters. The van der Waals surface area contributed by atoms with Crippen molar-refractivity contribution in [1.29, 1.82) is 0 Å². The van der Waals surface area contributed by atoms with Gasteiger partial charge in [0.05, 0.1) is 29.4 Å². The Kier molecular flexibility index (Phi) is 9.64. The summed E-state index contributed by atoms with van der Waals surface area (Å²) in [5, 5.41) is 17.3. The van der Waals surface area contributed by atoms with Crippen LogP contribution in [0.4, 0.5) is 13.2 Å². The third-order valence-corrected chi connectivity index (χ3v) is 7.83. The van der Waals surface area contributed by atoms with E-state index in [0.717, 1.165) is 24.2 Å². The van der Waals surface area contributed by atoms with Crippen molar-refractivity contribution < 1.29 is 32.3 Å². The second-order valence-corrected chi connectivity index (χ2v) is 11.1.